The zero-order valence-corrected chi connectivity index (χ0v) is 12.2. The predicted molar refractivity (Wildman–Crippen MR) is 73.1 cm³/mol. The van der Waals surface area contributed by atoms with Gasteiger partial charge >= 0.3 is 17.1 Å². The first-order chi connectivity index (χ1) is 12.2. The minimum atomic E-state index is -1.22. The van der Waals surface area contributed by atoms with Crippen molar-refractivity contribution in [2.75, 3.05) is 5.43 Å². The zero-order valence-electron chi connectivity index (χ0n) is 12.2. The Labute approximate surface area is 138 Å². The lowest BCUT2D eigenvalue weighted by atomic mass is 10.4. The smallest absolute Gasteiger partial charge is 0.358 e. The molecule has 138 valence electrons. The quantitative estimate of drug-likeness (QED) is 0.376. The van der Waals surface area contributed by atoms with Crippen molar-refractivity contribution in [3.05, 3.63) is 46.1 Å². The van der Waals surface area contributed by atoms with Gasteiger partial charge in [-0.15, -0.1) is 4.68 Å². The van der Waals surface area contributed by atoms with E-state index in [1.54, 1.807) is 0 Å². The highest BCUT2D eigenvalue weighted by molar-refractivity contribution is 5.65. The number of hydrogen-bond donors (Lipinski definition) is 2. The van der Waals surface area contributed by atoms with E-state index in [1.165, 1.54) is 5.43 Å². The number of hydrogen-bond acceptors (Lipinski definition) is 11. The summed E-state index contributed by atoms with van der Waals surface area (Å²) < 4.78 is 1.50. The highest BCUT2D eigenvalue weighted by atomic mass is 16.7. The van der Waals surface area contributed by atoms with Crippen molar-refractivity contribution in [2.24, 2.45) is 5.10 Å². The molecule has 0 saturated heterocycles. The van der Waals surface area contributed by atoms with Gasteiger partial charge in [0.25, 0.3) is 5.82 Å². The van der Waals surface area contributed by atoms with Gasteiger partial charge in [-0.05, 0) is 10.1 Å². The van der Waals surface area contributed by atoms with Gasteiger partial charge in [-0.2, -0.15) is 5.21 Å². The van der Waals surface area contributed by atoms with Crippen LogP contribution in [-0.2, 0) is 13.1 Å². The van der Waals surface area contributed by atoms with E-state index < -0.39 is 49.4 Å². The topological polar surface area (TPSA) is 261 Å². The summed E-state index contributed by atoms with van der Waals surface area (Å²) in [5.74, 6) is -2.07. The van der Waals surface area contributed by atoms with E-state index in [-0.39, 0.29) is 6.54 Å². The fraction of sp³-hybridized carbons (Fsp3) is 0.333. The van der Waals surface area contributed by atoms with Crippen molar-refractivity contribution in [3.8, 4) is 0 Å². The number of aromatic nitrogens is 6. The maximum atomic E-state index is 11.0. The molecule has 0 aromatic carbocycles. The van der Waals surface area contributed by atoms with Crippen molar-refractivity contribution in [1.82, 2.24) is 30.0 Å². The molecule has 0 atom stereocenters. The van der Waals surface area contributed by atoms with Crippen LogP contribution in [0.5, 0.6) is 0 Å². The van der Waals surface area contributed by atoms with Gasteiger partial charge in [0.05, 0.1) is 23.1 Å². The van der Waals surface area contributed by atoms with Gasteiger partial charge in [-0.3, -0.25) is 10.1 Å². The van der Waals surface area contributed by atoms with Crippen LogP contribution in [0.3, 0.4) is 0 Å². The average Bonchev–Trinajstić information content (AvgIpc) is 3.08. The molecule has 20 heteroatoms. The first kappa shape index (κ1) is 17.8. The van der Waals surface area contributed by atoms with Crippen LogP contribution in [0.2, 0.25) is 0 Å². The number of tetrazole rings is 1. The summed E-state index contributed by atoms with van der Waals surface area (Å²) in [6.45, 7) is -0.707. The number of aromatic amines is 1. The van der Waals surface area contributed by atoms with Gasteiger partial charge in [-0.25, -0.2) is 24.9 Å². The summed E-state index contributed by atoms with van der Waals surface area (Å²) in [4.78, 5) is 40.5. The second-order valence-corrected chi connectivity index (χ2v) is 4.22. The van der Waals surface area contributed by atoms with Gasteiger partial charge in [0, 0.05) is 0 Å². The van der Waals surface area contributed by atoms with Crippen molar-refractivity contribution < 1.29 is 19.9 Å². The zero-order chi connectivity index (χ0) is 19.4. The molecule has 0 saturated carbocycles. The fourth-order valence-electron chi connectivity index (χ4n) is 1.80. The number of anilines is 1. The van der Waals surface area contributed by atoms with Crippen LogP contribution in [0.1, 0.15) is 0 Å². The minimum absolute atomic E-state index is 0.290. The molecular weight excluding hydrogens is 368 g/mol. The Morgan fingerprint density at radius 3 is 2.31 bits per heavy atom. The summed E-state index contributed by atoms with van der Waals surface area (Å²) in [6, 6.07) is 0. The molecule has 26 heavy (non-hydrogen) atoms. The van der Waals surface area contributed by atoms with Gasteiger partial charge in [0.15, 0.2) is 10.1 Å². The molecule has 2 N–H and O–H groups in total. The summed E-state index contributed by atoms with van der Waals surface area (Å²) >= 11 is 0. The largest absolute Gasteiger partial charge is 0.470 e. The standard InChI is InChI=1S/C6H6N12O8/c19-15(20)3-4(9-17(23)24)13(8-5(3)16(21)22)1-2-14-6(7-11-12-14)10-18(25)26/h9H,1-2H2,(H,7,10,12). The van der Waals surface area contributed by atoms with E-state index in [0.717, 1.165) is 4.68 Å². The van der Waals surface area contributed by atoms with Crippen LogP contribution in [0.15, 0.2) is 5.10 Å². The summed E-state index contributed by atoms with van der Waals surface area (Å²) in [5, 5.41) is 55.7. The lowest BCUT2D eigenvalue weighted by Crippen LogP contribution is -2.25. The molecule has 0 aliphatic rings. The molecule has 20 nitrogen and oxygen atoms in total. The van der Waals surface area contributed by atoms with E-state index in [4.69, 9.17) is 0 Å². The summed E-state index contributed by atoms with van der Waals surface area (Å²) in [5.41, 5.74) is -0.221. The third kappa shape index (κ3) is 3.69. The molecule has 0 amide bonds. The second kappa shape index (κ2) is 6.93. The lowest BCUT2D eigenvalue weighted by Gasteiger charge is -2.00. The van der Waals surface area contributed by atoms with E-state index in [9.17, 15) is 40.5 Å². The van der Waals surface area contributed by atoms with Crippen molar-refractivity contribution in [2.45, 2.75) is 13.1 Å². The van der Waals surface area contributed by atoms with Crippen molar-refractivity contribution in [3.63, 3.8) is 0 Å². The maximum absolute atomic E-state index is 11.0. The highest BCUT2D eigenvalue weighted by Gasteiger charge is 2.40. The molecule has 2 rings (SSSR count). The third-order valence-electron chi connectivity index (χ3n) is 2.72. The first-order valence-corrected chi connectivity index (χ1v) is 6.18. The Kier molecular flexibility index (Phi) is 4.75. The molecule has 2 heterocycles. The molecule has 0 radical (unpaired) electrons. The molecule has 0 spiro atoms. The first-order valence-electron chi connectivity index (χ1n) is 6.18. The van der Waals surface area contributed by atoms with Crippen LogP contribution in [0.25, 0.3) is 0 Å². The molecule has 2 aromatic heterocycles. The van der Waals surface area contributed by atoms with Crippen LogP contribution < -0.4 is 11.0 Å². The Hall–Kier alpha value is -4.52. The Balaban J connectivity index is 2.43. The number of nitro groups is 4. The van der Waals surface area contributed by atoms with Crippen LogP contribution in [0, 0.1) is 40.5 Å². The van der Waals surface area contributed by atoms with Crippen LogP contribution in [-0.4, -0.2) is 49.9 Å². The van der Waals surface area contributed by atoms with Crippen molar-refractivity contribution >= 4 is 17.3 Å². The van der Waals surface area contributed by atoms with E-state index >= 15 is 0 Å². The highest BCUT2D eigenvalue weighted by Crippen LogP contribution is 2.34. The average molecular weight is 374 g/mol. The third-order valence-corrected chi connectivity index (χ3v) is 2.72. The maximum Gasteiger partial charge on any atom is 0.470 e. The molecular formula is C6H6N12O8. The number of nitrogens with one attached hydrogen (secondary N) is 2. The lowest BCUT2D eigenvalue weighted by molar-refractivity contribution is -0.491. The molecule has 0 unspecified atom stereocenters. The van der Waals surface area contributed by atoms with E-state index in [1.807, 2.05) is 0 Å². The molecule has 0 fully saturated rings. The SMILES string of the molecule is O=[N+]([O-])/N=c1\nn[nH]n1CCn1nc([N+](=O)[O-])c([N+](=O)[O-])c1N[N+](=O)[O-]. The van der Waals surface area contributed by atoms with Gasteiger partial charge in [0.2, 0.25) is 0 Å². The molecule has 0 aliphatic carbocycles. The van der Waals surface area contributed by atoms with Crippen LogP contribution >= 0.6 is 0 Å². The number of nitrogens with zero attached hydrogens (tertiary/aromatic N) is 10. The number of hydrazine groups is 1. The fourth-order valence-corrected chi connectivity index (χ4v) is 1.80. The molecule has 2 aromatic rings. The Morgan fingerprint density at radius 1 is 1.08 bits per heavy atom. The molecule has 0 aliphatic heterocycles. The number of aryl methyl sites for hydroxylation is 2. The van der Waals surface area contributed by atoms with Gasteiger partial charge < -0.3 is 10.1 Å². The van der Waals surface area contributed by atoms with E-state index in [0.29, 0.717) is 4.68 Å². The molecule has 0 bridgehead atoms. The Morgan fingerprint density at radius 2 is 1.77 bits per heavy atom. The van der Waals surface area contributed by atoms with Crippen LogP contribution in [0.4, 0.5) is 17.3 Å². The predicted octanol–water partition coefficient (Wildman–Crippen LogP) is -1.98. The number of H-pyrrole nitrogens is 1. The Bertz CT molecular complexity index is 951. The normalized spacial score (nSPS) is 11.3. The monoisotopic (exact) mass is 374 g/mol. The van der Waals surface area contributed by atoms with Crippen molar-refractivity contribution in [1.29, 1.82) is 0 Å². The summed E-state index contributed by atoms with van der Waals surface area (Å²) in [7, 11) is 0. The number of rotatable bonds is 8. The van der Waals surface area contributed by atoms with Gasteiger partial charge in [-0.1, -0.05) is 10.5 Å². The van der Waals surface area contributed by atoms with Gasteiger partial charge in [0.1, 0.15) is 5.10 Å². The minimum Gasteiger partial charge on any atom is -0.358 e. The second-order valence-electron chi connectivity index (χ2n) is 4.22. The summed E-state index contributed by atoms with van der Waals surface area (Å²) in [6.07, 6.45) is 0. The van der Waals surface area contributed by atoms with E-state index in [2.05, 4.69) is 25.7 Å².